The molecule has 0 aromatic rings. The first kappa shape index (κ1) is 13.3. The van der Waals surface area contributed by atoms with Gasteiger partial charge < -0.3 is 14.8 Å². The second-order valence-electron chi connectivity index (χ2n) is 5.80. The van der Waals surface area contributed by atoms with Crippen molar-refractivity contribution in [3.05, 3.63) is 0 Å². The van der Waals surface area contributed by atoms with Crippen LogP contribution < -0.4 is 5.32 Å². The van der Waals surface area contributed by atoms with Crippen LogP contribution in [0.5, 0.6) is 0 Å². The molecule has 2 atom stereocenters. The van der Waals surface area contributed by atoms with Crippen LogP contribution in [-0.2, 0) is 9.47 Å². The Labute approximate surface area is 105 Å². The number of hydrogen-bond donors (Lipinski definition) is 1. The largest absolute Gasteiger partial charge is 0.377 e. The molecule has 2 saturated heterocycles. The van der Waals surface area contributed by atoms with Gasteiger partial charge in [0, 0.05) is 33.9 Å². The summed E-state index contributed by atoms with van der Waals surface area (Å²) < 4.78 is 11.0. The summed E-state index contributed by atoms with van der Waals surface area (Å²) in [4.78, 5) is 2.51. The summed E-state index contributed by atoms with van der Waals surface area (Å²) in [5.41, 5.74) is 0.464. The first-order valence-electron chi connectivity index (χ1n) is 6.65. The molecule has 1 N–H and O–H groups in total. The molecule has 0 bridgehead atoms. The minimum atomic E-state index is 0.241. The number of nitrogens with one attached hydrogen (secondary N) is 1. The van der Waals surface area contributed by atoms with E-state index in [1.54, 1.807) is 14.2 Å². The number of likely N-dealkylation sites (tertiary alicyclic amines) is 1. The van der Waals surface area contributed by atoms with E-state index in [4.69, 9.17) is 9.47 Å². The van der Waals surface area contributed by atoms with E-state index in [2.05, 4.69) is 17.1 Å². The zero-order chi connectivity index (χ0) is 12.3. The zero-order valence-electron chi connectivity index (χ0n) is 11.4. The summed E-state index contributed by atoms with van der Waals surface area (Å²) in [6.07, 6.45) is 3.04. The number of hydrogen-bond acceptors (Lipinski definition) is 4. The molecule has 2 aliphatic heterocycles. The molecule has 2 unspecified atom stereocenters. The first-order chi connectivity index (χ1) is 8.17. The molecule has 17 heavy (non-hydrogen) atoms. The Morgan fingerprint density at radius 1 is 1.12 bits per heavy atom. The first-order valence-corrected chi connectivity index (χ1v) is 6.65. The van der Waals surface area contributed by atoms with Crippen LogP contribution in [0.1, 0.15) is 19.8 Å². The topological polar surface area (TPSA) is 33.7 Å². The highest BCUT2D eigenvalue weighted by atomic mass is 16.5. The Morgan fingerprint density at radius 3 is 2.12 bits per heavy atom. The smallest absolute Gasteiger partial charge is 0.0971 e. The Morgan fingerprint density at radius 2 is 1.65 bits per heavy atom. The highest BCUT2D eigenvalue weighted by Crippen LogP contribution is 2.30. The van der Waals surface area contributed by atoms with Gasteiger partial charge in [-0.2, -0.15) is 0 Å². The highest BCUT2D eigenvalue weighted by molar-refractivity contribution is 4.91. The van der Waals surface area contributed by atoms with Crippen molar-refractivity contribution in [1.82, 2.24) is 10.2 Å². The van der Waals surface area contributed by atoms with E-state index in [0.29, 0.717) is 5.41 Å². The Balaban J connectivity index is 1.87. The van der Waals surface area contributed by atoms with E-state index in [1.165, 1.54) is 19.4 Å². The quantitative estimate of drug-likeness (QED) is 0.788. The van der Waals surface area contributed by atoms with E-state index in [0.717, 1.165) is 26.2 Å². The average molecular weight is 242 g/mol. The van der Waals surface area contributed by atoms with Gasteiger partial charge in [0.05, 0.1) is 12.2 Å². The third-order valence-corrected chi connectivity index (χ3v) is 4.31. The summed E-state index contributed by atoms with van der Waals surface area (Å²) >= 11 is 0. The molecule has 2 heterocycles. The number of piperidine rings is 1. The number of nitrogens with zero attached hydrogens (tertiary/aromatic N) is 1. The normalized spacial score (nSPS) is 34.1. The second kappa shape index (κ2) is 5.65. The second-order valence-corrected chi connectivity index (χ2v) is 5.80. The van der Waals surface area contributed by atoms with Crippen LogP contribution in [0.15, 0.2) is 0 Å². The van der Waals surface area contributed by atoms with Gasteiger partial charge in [-0.05, 0) is 31.3 Å². The van der Waals surface area contributed by atoms with Crippen LogP contribution in [0.3, 0.4) is 0 Å². The van der Waals surface area contributed by atoms with Crippen molar-refractivity contribution in [3.8, 4) is 0 Å². The minimum Gasteiger partial charge on any atom is -0.377 e. The molecule has 0 amide bonds. The monoisotopic (exact) mass is 242 g/mol. The molecule has 2 fully saturated rings. The lowest BCUT2D eigenvalue weighted by Crippen LogP contribution is -2.42. The van der Waals surface area contributed by atoms with Gasteiger partial charge in [0.25, 0.3) is 0 Å². The molecule has 4 nitrogen and oxygen atoms in total. The van der Waals surface area contributed by atoms with Crippen molar-refractivity contribution in [3.63, 3.8) is 0 Å². The lowest BCUT2D eigenvalue weighted by atomic mass is 9.80. The number of ether oxygens (including phenoxy) is 2. The van der Waals surface area contributed by atoms with Crippen molar-refractivity contribution < 1.29 is 9.47 Å². The summed E-state index contributed by atoms with van der Waals surface area (Å²) in [7, 11) is 3.57. The standard InChI is InChI=1S/C13H26N2O2/c1-13(4-6-14-7-5-13)10-15-8-11(16-2)12(9-15)17-3/h11-12,14H,4-10H2,1-3H3. The molecule has 2 aliphatic rings. The van der Waals surface area contributed by atoms with Crippen molar-refractivity contribution >= 4 is 0 Å². The Kier molecular flexibility index (Phi) is 4.42. The molecule has 0 aromatic heterocycles. The van der Waals surface area contributed by atoms with Gasteiger partial charge in [0.1, 0.15) is 0 Å². The van der Waals surface area contributed by atoms with Crippen LogP contribution in [0.4, 0.5) is 0 Å². The van der Waals surface area contributed by atoms with Gasteiger partial charge in [-0.25, -0.2) is 0 Å². The van der Waals surface area contributed by atoms with Crippen molar-refractivity contribution in [2.45, 2.75) is 32.0 Å². The molecule has 100 valence electrons. The van der Waals surface area contributed by atoms with E-state index in [1.807, 2.05) is 0 Å². The third kappa shape index (κ3) is 3.19. The van der Waals surface area contributed by atoms with Gasteiger partial charge in [-0.1, -0.05) is 6.92 Å². The van der Waals surface area contributed by atoms with Gasteiger partial charge in [-0.3, -0.25) is 4.90 Å². The van der Waals surface area contributed by atoms with Crippen LogP contribution in [0.25, 0.3) is 0 Å². The van der Waals surface area contributed by atoms with E-state index < -0.39 is 0 Å². The molecular formula is C13H26N2O2. The predicted octanol–water partition coefficient (Wildman–Crippen LogP) is 0.722. The maximum atomic E-state index is 5.49. The van der Waals surface area contributed by atoms with Crippen molar-refractivity contribution in [2.75, 3.05) is 46.9 Å². The van der Waals surface area contributed by atoms with Gasteiger partial charge in [-0.15, -0.1) is 0 Å². The molecule has 0 saturated carbocycles. The Bertz CT molecular complexity index is 230. The van der Waals surface area contributed by atoms with Gasteiger partial charge in [0.2, 0.25) is 0 Å². The molecule has 0 spiro atoms. The minimum absolute atomic E-state index is 0.241. The summed E-state index contributed by atoms with van der Waals surface area (Å²) in [6.45, 7) is 7.93. The summed E-state index contributed by atoms with van der Waals surface area (Å²) in [5.74, 6) is 0. The predicted molar refractivity (Wildman–Crippen MR) is 68.2 cm³/mol. The Hall–Kier alpha value is -0.160. The van der Waals surface area contributed by atoms with Crippen LogP contribution in [-0.4, -0.2) is 64.1 Å². The third-order valence-electron chi connectivity index (χ3n) is 4.31. The zero-order valence-corrected chi connectivity index (χ0v) is 11.4. The van der Waals surface area contributed by atoms with Gasteiger partial charge in [0.15, 0.2) is 0 Å². The molecule has 0 radical (unpaired) electrons. The van der Waals surface area contributed by atoms with E-state index >= 15 is 0 Å². The van der Waals surface area contributed by atoms with Crippen LogP contribution >= 0.6 is 0 Å². The van der Waals surface area contributed by atoms with E-state index in [-0.39, 0.29) is 12.2 Å². The molecule has 0 aromatic carbocycles. The number of rotatable bonds is 4. The molecule has 0 aliphatic carbocycles. The van der Waals surface area contributed by atoms with Crippen LogP contribution in [0, 0.1) is 5.41 Å². The summed E-state index contributed by atoms with van der Waals surface area (Å²) in [6, 6.07) is 0. The maximum Gasteiger partial charge on any atom is 0.0971 e. The highest BCUT2D eigenvalue weighted by Gasteiger charge is 2.37. The van der Waals surface area contributed by atoms with Crippen LogP contribution in [0.2, 0.25) is 0 Å². The summed E-state index contributed by atoms with van der Waals surface area (Å²) in [5, 5.41) is 3.44. The van der Waals surface area contributed by atoms with Crippen molar-refractivity contribution in [1.29, 1.82) is 0 Å². The van der Waals surface area contributed by atoms with Crippen molar-refractivity contribution in [2.24, 2.45) is 5.41 Å². The lowest BCUT2D eigenvalue weighted by molar-refractivity contribution is -0.00461. The van der Waals surface area contributed by atoms with E-state index in [9.17, 15) is 0 Å². The SMILES string of the molecule is COC1CN(CC2(C)CCNCC2)CC1OC. The fraction of sp³-hybridized carbons (Fsp3) is 1.00. The van der Waals surface area contributed by atoms with Gasteiger partial charge >= 0.3 is 0 Å². The maximum absolute atomic E-state index is 5.49. The fourth-order valence-corrected chi connectivity index (χ4v) is 3.13. The fourth-order valence-electron chi connectivity index (χ4n) is 3.13. The number of methoxy groups -OCH3 is 2. The lowest BCUT2D eigenvalue weighted by Gasteiger charge is -2.37. The molecule has 2 rings (SSSR count). The molecular weight excluding hydrogens is 216 g/mol. The molecule has 4 heteroatoms. The average Bonchev–Trinajstić information content (AvgIpc) is 2.71.